The van der Waals surface area contributed by atoms with Crippen molar-refractivity contribution in [3.8, 4) is 0 Å². The summed E-state index contributed by atoms with van der Waals surface area (Å²) in [6.07, 6.45) is 0. The van der Waals surface area contributed by atoms with Crippen LogP contribution < -0.4 is 10.6 Å². The Hall–Kier alpha value is -0.840. The number of nitrogens with two attached hydrogens (primary N) is 1. The first-order valence-corrected chi connectivity index (χ1v) is 7.19. The molecular formula is C14H20ClN3S. The van der Waals surface area contributed by atoms with Crippen LogP contribution in [0, 0.1) is 5.92 Å². The molecule has 1 saturated heterocycles. The molecule has 0 saturated carbocycles. The van der Waals surface area contributed by atoms with Crippen molar-refractivity contribution in [3.05, 3.63) is 28.8 Å². The number of nitrogens with zero attached hydrogens (tertiary/aromatic N) is 2. The van der Waals surface area contributed by atoms with E-state index in [2.05, 4.69) is 30.8 Å². The molecule has 0 spiro atoms. The molecule has 19 heavy (non-hydrogen) atoms. The van der Waals surface area contributed by atoms with Gasteiger partial charge in [-0.25, -0.2) is 0 Å². The zero-order chi connectivity index (χ0) is 14.2. The Morgan fingerprint density at radius 2 is 2.11 bits per heavy atom. The number of thiocarbonyl (C=S) groups is 1. The van der Waals surface area contributed by atoms with Gasteiger partial charge < -0.3 is 15.5 Å². The number of rotatable bonds is 3. The van der Waals surface area contributed by atoms with Crippen molar-refractivity contribution < 1.29 is 0 Å². The zero-order valence-corrected chi connectivity index (χ0v) is 13.1. The van der Waals surface area contributed by atoms with E-state index in [0.717, 1.165) is 24.3 Å². The van der Waals surface area contributed by atoms with E-state index in [9.17, 15) is 0 Å². The van der Waals surface area contributed by atoms with Gasteiger partial charge in [0.05, 0.1) is 5.02 Å². The molecule has 1 fully saturated rings. The first kappa shape index (κ1) is 14.6. The fraction of sp³-hybridized carbons (Fsp3) is 0.500. The Kier molecular flexibility index (Phi) is 4.33. The van der Waals surface area contributed by atoms with E-state index < -0.39 is 0 Å². The summed E-state index contributed by atoms with van der Waals surface area (Å²) in [5.41, 5.74) is 7.52. The summed E-state index contributed by atoms with van der Waals surface area (Å²) in [5.74, 6) is 0.643. The highest BCUT2D eigenvalue weighted by Gasteiger charge is 2.31. The van der Waals surface area contributed by atoms with Crippen molar-refractivity contribution in [2.75, 3.05) is 32.1 Å². The summed E-state index contributed by atoms with van der Waals surface area (Å²) in [6.45, 7) is 4.36. The van der Waals surface area contributed by atoms with E-state index in [0.29, 0.717) is 22.0 Å². The van der Waals surface area contributed by atoms with Crippen molar-refractivity contribution in [2.24, 2.45) is 11.7 Å². The van der Waals surface area contributed by atoms with E-state index in [1.165, 1.54) is 0 Å². The molecule has 1 aliphatic rings. The predicted octanol–water partition coefficient (Wildman–Crippen LogP) is 2.36. The van der Waals surface area contributed by atoms with E-state index in [1.54, 1.807) is 0 Å². The molecule has 104 valence electrons. The van der Waals surface area contributed by atoms with Crippen molar-refractivity contribution >= 4 is 34.5 Å². The lowest BCUT2D eigenvalue weighted by Gasteiger charge is -2.23. The van der Waals surface area contributed by atoms with Gasteiger partial charge in [0.1, 0.15) is 4.99 Å². The second kappa shape index (κ2) is 5.65. The maximum Gasteiger partial charge on any atom is 0.105 e. The summed E-state index contributed by atoms with van der Waals surface area (Å²) in [6, 6.07) is 6.49. The van der Waals surface area contributed by atoms with Gasteiger partial charge >= 0.3 is 0 Å². The molecule has 1 aromatic carbocycles. The first-order valence-electron chi connectivity index (χ1n) is 6.41. The highest BCUT2D eigenvalue weighted by atomic mass is 35.5. The Balaban J connectivity index is 2.20. The van der Waals surface area contributed by atoms with Gasteiger partial charge in [0.2, 0.25) is 0 Å². The van der Waals surface area contributed by atoms with Gasteiger partial charge in [-0.15, -0.1) is 0 Å². The smallest absolute Gasteiger partial charge is 0.105 e. The maximum absolute atomic E-state index is 6.23. The molecule has 2 atom stereocenters. The molecule has 0 aliphatic carbocycles. The van der Waals surface area contributed by atoms with E-state index in [1.807, 2.05) is 18.2 Å². The number of hydrogen-bond acceptors (Lipinski definition) is 3. The lowest BCUT2D eigenvalue weighted by atomic mass is 10.1. The van der Waals surface area contributed by atoms with Gasteiger partial charge in [-0.05, 0) is 38.2 Å². The molecule has 2 unspecified atom stereocenters. The summed E-state index contributed by atoms with van der Waals surface area (Å²) in [4.78, 5) is 5.00. The monoisotopic (exact) mass is 297 g/mol. The maximum atomic E-state index is 6.23. The van der Waals surface area contributed by atoms with E-state index >= 15 is 0 Å². The van der Waals surface area contributed by atoms with Crippen LogP contribution in [0.3, 0.4) is 0 Å². The second-order valence-corrected chi connectivity index (χ2v) is 6.29. The molecule has 1 heterocycles. The molecule has 5 heteroatoms. The highest BCUT2D eigenvalue weighted by Crippen LogP contribution is 2.29. The Morgan fingerprint density at radius 3 is 2.58 bits per heavy atom. The van der Waals surface area contributed by atoms with Crippen LogP contribution in [0.25, 0.3) is 0 Å². The van der Waals surface area contributed by atoms with Gasteiger partial charge in [-0.1, -0.05) is 30.7 Å². The summed E-state index contributed by atoms with van der Waals surface area (Å²) in [5, 5.41) is 0.631. The normalized spacial score (nSPS) is 23.1. The van der Waals surface area contributed by atoms with Crippen LogP contribution in [0.15, 0.2) is 18.2 Å². The van der Waals surface area contributed by atoms with Gasteiger partial charge in [0.25, 0.3) is 0 Å². The van der Waals surface area contributed by atoms with Crippen LogP contribution in [-0.4, -0.2) is 43.1 Å². The lowest BCUT2D eigenvalue weighted by Crippen LogP contribution is -2.34. The lowest BCUT2D eigenvalue weighted by molar-refractivity contribution is 0.266. The number of hydrogen-bond donors (Lipinski definition) is 1. The van der Waals surface area contributed by atoms with Crippen LogP contribution in [0.2, 0.25) is 5.02 Å². The SMILES string of the molecule is CC1CN(c2ccc(C(N)=S)c(Cl)c2)CC1N(C)C. The van der Waals surface area contributed by atoms with Gasteiger partial charge in [-0.2, -0.15) is 0 Å². The number of halogens is 1. The molecule has 2 rings (SSSR count). The number of benzene rings is 1. The molecule has 0 bridgehead atoms. The third-order valence-corrected chi connectivity index (χ3v) is 4.35. The zero-order valence-electron chi connectivity index (χ0n) is 11.6. The summed E-state index contributed by atoms with van der Waals surface area (Å²) < 4.78 is 0. The molecule has 2 N–H and O–H groups in total. The second-order valence-electron chi connectivity index (χ2n) is 5.44. The van der Waals surface area contributed by atoms with Crippen LogP contribution in [0.4, 0.5) is 5.69 Å². The quantitative estimate of drug-likeness (QED) is 0.868. The molecule has 0 radical (unpaired) electrons. The third-order valence-electron chi connectivity index (χ3n) is 3.82. The predicted molar refractivity (Wildman–Crippen MR) is 86.2 cm³/mol. The summed E-state index contributed by atoms with van der Waals surface area (Å²) in [7, 11) is 4.27. The average molecular weight is 298 g/mol. The topological polar surface area (TPSA) is 32.5 Å². The molecule has 0 amide bonds. The Bertz CT molecular complexity index is 490. The van der Waals surface area contributed by atoms with Crippen molar-refractivity contribution in [1.29, 1.82) is 0 Å². The number of likely N-dealkylation sites (N-methyl/N-ethyl adjacent to an activating group) is 1. The molecule has 0 aromatic heterocycles. The molecular weight excluding hydrogens is 278 g/mol. The van der Waals surface area contributed by atoms with E-state index in [-0.39, 0.29) is 0 Å². The third kappa shape index (κ3) is 3.02. The minimum Gasteiger partial charge on any atom is -0.389 e. The van der Waals surface area contributed by atoms with Crippen molar-refractivity contribution in [1.82, 2.24) is 4.90 Å². The summed E-state index contributed by atoms with van der Waals surface area (Å²) >= 11 is 11.2. The van der Waals surface area contributed by atoms with Crippen LogP contribution in [0.5, 0.6) is 0 Å². The van der Waals surface area contributed by atoms with Crippen LogP contribution in [-0.2, 0) is 0 Å². The fourth-order valence-corrected chi connectivity index (χ4v) is 3.24. The van der Waals surface area contributed by atoms with E-state index in [4.69, 9.17) is 29.6 Å². The van der Waals surface area contributed by atoms with Gasteiger partial charge in [0, 0.05) is 30.4 Å². The Labute approximate surface area is 125 Å². The highest BCUT2D eigenvalue weighted by molar-refractivity contribution is 7.80. The van der Waals surface area contributed by atoms with Crippen LogP contribution in [0.1, 0.15) is 12.5 Å². The van der Waals surface area contributed by atoms with Gasteiger partial charge in [-0.3, -0.25) is 0 Å². The molecule has 1 aliphatic heterocycles. The standard InChI is InChI=1S/C14H20ClN3S/c1-9-7-18(8-13(9)17(2)3)10-4-5-11(14(16)19)12(15)6-10/h4-6,9,13H,7-8H2,1-3H3,(H2,16,19). The van der Waals surface area contributed by atoms with Crippen molar-refractivity contribution in [3.63, 3.8) is 0 Å². The first-order chi connectivity index (χ1) is 8.90. The molecule has 1 aromatic rings. The average Bonchev–Trinajstić information content (AvgIpc) is 2.70. The minimum absolute atomic E-state index is 0.345. The van der Waals surface area contributed by atoms with Crippen molar-refractivity contribution in [2.45, 2.75) is 13.0 Å². The van der Waals surface area contributed by atoms with Crippen LogP contribution >= 0.6 is 23.8 Å². The minimum atomic E-state index is 0.345. The fourth-order valence-electron chi connectivity index (χ4n) is 2.73. The Morgan fingerprint density at radius 1 is 1.42 bits per heavy atom. The molecule has 3 nitrogen and oxygen atoms in total. The largest absolute Gasteiger partial charge is 0.389 e. The van der Waals surface area contributed by atoms with Gasteiger partial charge in [0.15, 0.2) is 0 Å². The number of anilines is 1.